The summed E-state index contributed by atoms with van der Waals surface area (Å²) in [5, 5.41) is 12.2. The van der Waals surface area contributed by atoms with Gasteiger partial charge in [0.2, 0.25) is 5.91 Å². The van der Waals surface area contributed by atoms with Crippen molar-refractivity contribution < 1.29 is 9.59 Å². The molecule has 0 unspecified atom stereocenters. The molecule has 7 heteroatoms. The maximum Gasteiger partial charge on any atom is 0.271 e. The molecule has 0 aliphatic carbocycles. The summed E-state index contributed by atoms with van der Waals surface area (Å²) in [5.41, 5.74) is 1.85. The highest BCUT2D eigenvalue weighted by Crippen LogP contribution is 2.15. The number of carbonyl (C=O) groups excluding carboxylic acids is 2. The number of nitrogens with one attached hydrogen (secondary N) is 1. The van der Waals surface area contributed by atoms with Gasteiger partial charge in [-0.25, -0.2) is 9.69 Å². The molecule has 1 aromatic heterocycles. The average Bonchev–Trinajstić information content (AvgIpc) is 3.04. The number of hydrogen-bond acceptors (Lipinski definition) is 4. The summed E-state index contributed by atoms with van der Waals surface area (Å²) in [6.07, 6.45) is 4.17. The van der Waals surface area contributed by atoms with Crippen molar-refractivity contribution in [3.63, 3.8) is 0 Å². The van der Waals surface area contributed by atoms with Crippen molar-refractivity contribution in [1.29, 1.82) is 0 Å². The fraction of sp³-hybridized carbons (Fsp3) is 0.200. The Labute approximate surface area is 127 Å². The van der Waals surface area contributed by atoms with Gasteiger partial charge in [-0.15, -0.1) is 0 Å². The second-order valence-corrected chi connectivity index (χ2v) is 4.92. The van der Waals surface area contributed by atoms with Gasteiger partial charge in [0.25, 0.3) is 5.91 Å². The van der Waals surface area contributed by atoms with Crippen LogP contribution in [0.1, 0.15) is 12.8 Å². The molecule has 22 heavy (non-hydrogen) atoms. The first kappa shape index (κ1) is 14.0. The molecule has 2 amide bonds. The standard InChI is InChI=1S/C15H15N5O2/c1-19-14(21)7-6-13(18-19)15(22)17-11-4-2-5-12(10-11)20-9-3-8-16-20/h2-5,8-10H,6-7H2,1H3,(H,17,22). The molecule has 7 nitrogen and oxygen atoms in total. The van der Waals surface area contributed by atoms with Gasteiger partial charge >= 0.3 is 0 Å². The number of rotatable bonds is 3. The van der Waals surface area contributed by atoms with Gasteiger partial charge in [-0.2, -0.15) is 10.2 Å². The lowest BCUT2D eigenvalue weighted by Gasteiger charge is -2.19. The topological polar surface area (TPSA) is 79.6 Å². The number of carbonyl (C=O) groups is 2. The Bertz CT molecular complexity index is 736. The molecule has 2 heterocycles. The minimum Gasteiger partial charge on any atom is -0.321 e. The van der Waals surface area contributed by atoms with Crippen molar-refractivity contribution >= 4 is 23.2 Å². The van der Waals surface area contributed by atoms with Gasteiger partial charge in [0.1, 0.15) is 5.71 Å². The van der Waals surface area contributed by atoms with Crippen LogP contribution in [0.3, 0.4) is 0 Å². The Balaban J connectivity index is 1.76. The Hall–Kier alpha value is -2.96. The van der Waals surface area contributed by atoms with Crippen LogP contribution in [-0.2, 0) is 9.59 Å². The van der Waals surface area contributed by atoms with E-state index in [4.69, 9.17) is 0 Å². The molecule has 0 fully saturated rings. The Morgan fingerprint density at radius 2 is 2.14 bits per heavy atom. The van der Waals surface area contributed by atoms with Crippen LogP contribution in [0.15, 0.2) is 47.8 Å². The van der Waals surface area contributed by atoms with Crippen LogP contribution >= 0.6 is 0 Å². The first-order valence-electron chi connectivity index (χ1n) is 6.89. The van der Waals surface area contributed by atoms with Crippen molar-refractivity contribution in [3.8, 4) is 5.69 Å². The third-order valence-corrected chi connectivity index (χ3v) is 3.34. The largest absolute Gasteiger partial charge is 0.321 e. The van der Waals surface area contributed by atoms with Crippen LogP contribution in [-0.4, -0.2) is 39.4 Å². The number of benzene rings is 1. The lowest BCUT2D eigenvalue weighted by atomic mass is 10.1. The molecule has 1 aliphatic rings. The normalized spacial score (nSPS) is 14.7. The van der Waals surface area contributed by atoms with E-state index in [1.54, 1.807) is 24.0 Å². The molecule has 0 bridgehead atoms. The van der Waals surface area contributed by atoms with Crippen LogP contribution in [0.4, 0.5) is 5.69 Å². The summed E-state index contributed by atoms with van der Waals surface area (Å²) in [5.74, 6) is -0.380. The Kier molecular flexibility index (Phi) is 3.69. The molecular formula is C15H15N5O2. The summed E-state index contributed by atoms with van der Waals surface area (Å²) in [7, 11) is 1.55. The number of nitrogens with zero attached hydrogens (tertiary/aromatic N) is 4. The van der Waals surface area contributed by atoms with E-state index in [1.165, 1.54) is 5.01 Å². The maximum absolute atomic E-state index is 12.2. The van der Waals surface area contributed by atoms with Gasteiger partial charge in [0.15, 0.2) is 0 Å². The number of aromatic nitrogens is 2. The van der Waals surface area contributed by atoms with E-state index < -0.39 is 0 Å². The Morgan fingerprint density at radius 1 is 1.27 bits per heavy atom. The third-order valence-electron chi connectivity index (χ3n) is 3.34. The monoisotopic (exact) mass is 297 g/mol. The first-order chi connectivity index (χ1) is 10.6. The molecule has 0 atom stereocenters. The van der Waals surface area contributed by atoms with Crippen LogP contribution in [0, 0.1) is 0 Å². The lowest BCUT2D eigenvalue weighted by Crippen LogP contribution is -2.34. The quantitative estimate of drug-likeness (QED) is 0.930. The van der Waals surface area contributed by atoms with Crippen molar-refractivity contribution in [3.05, 3.63) is 42.7 Å². The summed E-state index contributed by atoms with van der Waals surface area (Å²) in [4.78, 5) is 23.6. The van der Waals surface area contributed by atoms with Crippen molar-refractivity contribution in [2.75, 3.05) is 12.4 Å². The van der Waals surface area contributed by atoms with Gasteiger partial charge in [-0.3, -0.25) is 9.59 Å². The van der Waals surface area contributed by atoms with Crippen molar-refractivity contribution in [1.82, 2.24) is 14.8 Å². The molecule has 0 saturated carbocycles. The van der Waals surface area contributed by atoms with Crippen molar-refractivity contribution in [2.24, 2.45) is 5.10 Å². The van der Waals surface area contributed by atoms with E-state index in [0.717, 1.165) is 5.69 Å². The molecule has 112 valence electrons. The van der Waals surface area contributed by atoms with Crippen molar-refractivity contribution in [2.45, 2.75) is 12.8 Å². The van der Waals surface area contributed by atoms with Crippen LogP contribution in [0.5, 0.6) is 0 Å². The van der Waals surface area contributed by atoms with E-state index in [0.29, 0.717) is 24.2 Å². The van der Waals surface area contributed by atoms with Gasteiger partial charge in [0.05, 0.1) is 5.69 Å². The predicted molar refractivity (Wildman–Crippen MR) is 81.6 cm³/mol. The molecular weight excluding hydrogens is 282 g/mol. The maximum atomic E-state index is 12.2. The number of anilines is 1. The molecule has 1 N–H and O–H groups in total. The minimum absolute atomic E-state index is 0.0859. The fourth-order valence-electron chi connectivity index (χ4n) is 2.18. The summed E-state index contributed by atoms with van der Waals surface area (Å²) in [6.45, 7) is 0. The van der Waals surface area contributed by atoms with Gasteiger partial charge < -0.3 is 5.32 Å². The number of amides is 2. The number of hydrogen-bond donors (Lipinski definition) is 1. The van der Waals surface area contributed by atoms with E-state index in [9.17, 15) is 9.59 Å². The highest BCUT2D eigenvalue weighted by Gasteiger charge is 2.21. The van der Waals surface area contributed by atoms with Gasteiger partial charge in [-0.05, 0) is 24.3 Å². The van der Waals surface area contributed by atoms with Crippen LogP contribution < -0.4 is 5.32 Å². The van der Waals surface area contributed by atoms with Crippen LogP contribution in [0.25, 0.3) is 5.69 Å². The first-order valence-corrected chi connectivity index (χ1v) is 6.89. The fourth-order valence-corrected chi connectivity index (χ4v) is 2.18. The van der Waals surface area contributed by atoms with E-state index in [-0.39, 0.29) is 11.8 Å². The zero-order chi connectivity index (χ0) is 15.5. The molecule has 1 aliphatic heterocycles. The summed E-state index contributed by atoms with van der Waals surface area (Å²) < 4.78 is 1.71. The summed E-state index contributed by atoms with van der Waals surface area (Å²) >= 11 is 0. The van der Waals surface area contributed by atoms with E-state index >= 15 is 0 Å². The minimum atomic E-state index is -0.294. The lowest BCUT2D eigenvalue weighted by molar-refractivity contribution is -0.130. The molecule has 2 aromatic rings. The molecule has 0 radical (unpaired) electrons. The Morgan fingerprint density at radius 3 is 2.86 bits per heavy atom. The van der Waals surface area contributed by atoms with Gasteiger partial charge in [-0.1, -0.05) is 6.07 Å². The second-order valence-electron chi connectivity index (χ2n) is 4.92. The predicted octanol–water partition coefficient (Wildman–Crippen LogP) is 1.42. The van der Waals surface area contributed by atoms with E-state index in [2.05, 4.69) is 15.5 Å². The second kappa shape index (κ2) is 5.80. The zero-order valence-electron chi connectivity index (χ0n) is 12.1. The highest BCUT2D eigenvalue weighted by molar-refractivity contribution is 6.43. The molecule has 0 saturated heterocycles. The van der Waals surface area contributed by atoms with Crippen LogP contribution in [0.2, 0.25) is 0 Å². The SMILES string of the molecule is CN1N=C(C(=O)Nc2cccc(-n3cccn3)c2)CCC1=O. The summed E-state index contributed by atoms with van der Waals surface area (Å²) in [6, 6.07) is 9.18. The third kappa shape index (κ3) is 2.88. The smallest absolute Gasteiger partial charge is 0.271 e. The molecule has 1 aromatic carbocycles. The van der Waals surface area contributed by atoms with Gasteiger partial charge in [0, 0.05) is 38.0 Å². The average molecular weight is 297 g/mol. The molecule has 3 rings (SSSR count). The highest BCUT2D eigenvalue weighted by atomic mass is 16.2. The molecule has 0 spiro atoms. The van der Waals surface area contributed by atoms with E-state index in [1.807, 2.05) is 30.5 Å². The number of hydrazone groups is 1. The zero-order valence-corrected chi connectivity index (χ0v) is 12.1.